The van der Waals surface area contributed by atoms with Gasteiger partial charge in [0, 0.05) is 16.8 Å². The molecule has 1 nitrogen and oxygen atoms in total. The first-order chi connectivity index (χ1) is 11.8. The van der Waals surface area contributed by atoms with E-state index >= 15 is 0 Å². The Bertz CT molecular complexity index is 968. The van der Waals surface area contributed by atoms with Crippen molar-refractivity contribution in [2.75, 3.05) is 4.90 Å². The summed E-state index contributed by atoms with van der Waals surface area (Å²) in [6, 6.07) is 33.6. The van der Waals surface area contributed by atoms with Crippen LogP contribution < -0.4 is 4.90 Å². The second-order valence-corrected chi connectivity index (χ2v) is 5.80. The summed E-state index contributed by atoms with van der Waals surface area (Å²) in [5.74, 6) is 0. The normalized spacial score (nSPS) is 10.7. The fraction of sp³-hybridized carbons (Fsp3) is 0. The number of rotatable bonds is 3. The van der Waals surface area contributed by atoms with E-state index in [1.807, 2.05) is 12.1 Å². The maximum Gasteiger partial charge on any atom is 0.0540 e. The molecule has 0 bridgehead atoms. The lowest BCUT2D eigenvalue weighted by Crippen LogP contribution is -2.11. The van der Waals surface area contributed by atoms with Gasteiger partial charge in [-0.3, -0.25) is 0 Å². The molecule has 0 atom stereocenters. The van der Waals surface area contributed by atoms with E-state index in [2.05, 4.69) is 96.8 Å². The number of hydrogen-bond donors (Lipinski definition) is 0. The van der Waals surface area contributed by atoms with Crippen molar-refractivity contribution in [1.29, 1.82) is 0 Å². The van der Waals surface area contributed by atoms with E-state index in [0.29, 0.717) is 0 Å². The Morgan fingerprint density at radius 3 is 2.00 bits per heavy atom. The van der Waals surface area contributed by atoms with Crippen LogP contribution in [-0.4, -0.2) is 0 Å². The van der Waals surface area contributed by atoms with Crippen molar-refractivity contribution in [1.82, 2.24) is 0 Å². The molecular weight excluding hydrogens is 290 g/mol. The van der Waals surface area contributed by atoms with Crippen molar-refractivity contribution in [2.45, 2.75) is 0 Å². The van der Waals surface area contributed by atoms with Crippen molar-refractivity contribution < 1.29 is 0 Å². The van der Waals surface area contributed by atoms with Crippen molar-refractivity contribution >= 4 is 27.8 Å². The third-order valence-electron chi connectivity index (χ3n) is 4.25. The van der Waals surface area contributed by atoms with E-state index in [4.69, 9.17) is 0 Å². The average molecular weight is 308 g/mol. The summed E-state index contributed by atoms with van der Waals surface area (Å²) in [6.45, 7) is 4.23. The molecule has 4 aromatic carbocycles. The number of anilines is 3. The summed E-state index contributed by atoms with van der Waals surface area (Å²) in [6.07, 6.45) is 0. The highest BCUT2D eigenvalue weighted by atomic mass is 15.1. The molecule has 0 unspecified atom stereocenters. The quantitative estimate of drug-likeness (QED) is 0.418. The van der Waals surface area contributed by atoms with E-state index in [1.54, 1.807) is 0 Å². The second-order valence-electron chi connectivity index (χ2n) is 5.80. The molecule has 4 rings (SSSR count). The van der Waals surface area contributed by atoms with Crippen LogP contribution in [0.2, 0.25) is 0 Å². The lowest BCUT2D eigenvalue weighted by Gasteiger charge is -2.28. The van der Waals surface area contributed by atoms with E-state index in [0.717, 1.165) is 22.6 Å². The predicted molar refractivity (Wildman–Crippen MR) is 103 cm³/mol. The smallest absolute Gasteiger partial charge is 0.0540 e. The molecule has 4 aromatic rings. The Morgan fingerprint density at radius 1 is 0.542 bits per heavy atom. The minimum atomic E-state index is 1.01. The van der Waals surface area contributed by atoms with Crippen LogP contribution in [0, 0.1) is 6.92 Å². The van der Waals surface area contributed by atoms with Crippen molar-refractivity contribution in [3.8, 4) is 0 Å². The van der Waals surface area contributed by atoms with Gasteiger partial charge in [-0.05, 0) is 42.1 Å². The second kappa shape index (κ2) is 6.21. The third kappa shape index (κ3) is 2.55. The van der Waals surface area contributed by atoms with Crippen molar-refractivity contribution in [2.24, 2.45) is 0 Å². The number of benzene rings is 4. The van der Waals surface area contributed by atoms with Crippen LogP contribution in [-0.2, 0) is 0 Å². The molecule has 0 spiro atoms. The van der Waals surface area contributed by atoms with Gasteiger partial charge >= 0.3 is 0 Å². The minimum absolute atomic E-state index is 1.01. The summed E-state index contributed by atoms with van der Waals surface area (Å²) >= 11 is 0. The largest absolute Gasteiger partial charge is 0.310 e. The molecule has 0 heterocycles. The van der Waals surface area contributed by atoms with Crippen LogP contribution in [0.5, 0.6) is 0 Å². The third-order valence-corrected chi connectivity index (χ3v) is 4.25. The van der Waals surface area contributed by atoms with Gasteiger partial charge < -0.3 is 4.90 Å². The Balaban J connectivity index is 2.01. The zero-order chi connectivity index (χ0) is 16.4. The fourth-order valence-electron chi connectivity index (χ4n) is 3.12. The van der Waals surface area contributed by atoms with Gasteiger partial charge in [-0.15, -0.1) is 0 Å². The van der Waals surface area contributed by atoms with Gasteiger partial charge in [0.05, 0.1) is 5.69 Å². The van der Waals surface area contributed by atoms with Gasteiger partial charge in [0.25, 0.3) is 0 Å². The zero-order valence-electron chi connectivity index (χ0n) is 13.4. The molecular formula is C23H18N. The van der Waals surface area contributed by atoms with E-state index in [-0.39, 0.29) is 0 Å². The molecule has 0 amide bonds. The molecule has 24 heavy (non-hydrogen) atoms. The first kappa shape index (κ1) is 14.5. The summed E-state index contributed by atoms with van der Waals surface area (Å²) in [7, 11) is 0. The molecule has 0 aromatic heterocycles. The number of para-hydroxylation sites is 2. The molecule has 0 N–H and O–H groups in total. The van der Waals surface area contributed by atoms with Gasteiger partial charge in [0.2, 0.25) is 0 Å². The van der Waals surface area contributed by atoms with Crippen LogP contribution >= 0.6 is 0 Å². The van der Waals surface area contributed by atoms with Crippen molar-refractivity contribution in [3.63, 3.8) is 0 Å². The predicted octanol–water partition coefficient (Wildman–Crippen LogP) is 6.49. The lowest BCUT2D eigenvalue weighted by atomic mass is 10.1. The van der Waals surface area contributed by atoms with Crippen LogP contribution in [0.1, 0.15) is 5.56 Å². The lowest BCUT2D eigenvalue weighted by molar-refractivity contribution is 1.28. The maximum absolute atomic E-state index is 4.23. The summed E-state index contributed by atoms with van der Waals surface area (Å²) < 4.78 is 0. The highest BCUT2D eigenvalue weighted by Gasteiger charge is 2.15. The van der Waals surface area contributed by atoms with E-state index in [1.165, 1.54) is 10.8 Å². The summed E-state index contributed by atoms with van der Waals surface area (Å²) in [5, 5.41) is 2.46. The van der Waals surface area contributed by atoms with Gasteiger partial charge in [-0.1, -0.05) is 72.8 Å². The first-order valence-electron chi connectivity index (χ1n) is 8.08. The molecule has 1 radical (unpaired) electrons. The minimum Gasteiger partial charge on any atom is -0.310 e. The molecule has 1 heteroatoms. The molecule has 0 aliphatic rings. The SMILES string of the molecule is [CH2]c1ccccc1N(c1ccccc1)c1cccc2ccccc12. The van der Waals surface area contributed by atoms with Crippen LogP contribution in [0.15, 0.2) is 97.1 Å². The number of hydrogen-bond acceptors (Lipinski definition) is 1. The topological polar surface area (TPSA) is 3.24 Å². The van der Waals surface area contributed by atoms with Gasteiger partial charge in [-0.2, -0.15) is 0 Å². The molecule has 0 saturated carbocycles. The highest BCUT2D eigenvalue weighted by Crippen LogP contribution is 2.39. The standard InChI is InChI=1S/C23H18N/c1-18-10-5-8-16-22(18)24(20-13-3-2-4-14-20)23-17-9-12-19-11-6-7-15-21(19)23/h2-17H,1H2. The van der Waals surface area contributed by atoms with Crippen molar-refractivity contribution in [3.05, 3.63) is 110 Å². The Morgan fingerprint density at radius 2 is 1.17 bits per heavy atom. The molecule has 0 aliphatic heterocycles. The Labute approximate surface area is 142 Å². The van der Waals surface area contributed by atoms with Gasteiger partial charge in [0.15, 0.2) is 0 Å². The highest BCUT2D eigenvalue weighted by molar-refractivity contribution is 5.99. The fourth-order valence-corrected chi connectivity index (χ4v) is 3.12. The van der Waals surface area contributed by atoms with E-state index < -0.39 is 0 Å². The van der Waals surface area contributed by atoms with Gasteiger partial charge in [0.1, 0.15) is 0 Å². The summed E-state index contributed by atoms with van der Waals surface area (Å²) in [4.78, 5) is 2.28. The zero-order valence-corrected chi connectivity index (χ0v) is 13.4. The molecule has 115 valence electrons. The van der Waals surface area contributed by atoms with E-state index in [9.17, 15) is 0 Å². The molecule has 0 saturated heterocycles. The molecule has 0 aliphatic carbocycles. The van der Waals surface area contributed by atoms with Gasteiger partial charge in [-0.25, -0.2) is 0 Å². The average Bonchev–Trinajstić information content (AvgIpc) is 2.65. The number of fused-ring (bicyclic) bond motifs is 1. The Hall–Kier alpha value is -3.06. The summed E-state index contributed by atoms with van der Waals surface area (Å²) in [5.41, 5.74) is 4.40. The van der Waals surface area contributed by atoms with Crippen LogP contribution in [0.3, 0.4) is 0 Å². The van der Waals surface area contributed by atoms with Crippen LogP contribution in [0.4, 0.5) is 17.1 Å². The number of nitrogens with zero attached hydrogens (tertiary/aromatic N) is 1. The Kier molecular flexibility index (Phi) is 3.76. The first-order valence-corrected chi connectivity index (χ1v) is 8.08. The van der Waals surface area contributed by atoms with Crippen LogP contribution in [0.25, 0.3) is 10.8 Å². The maximum atomic E-state index is 4.23. The monoisotopic (exact) mass is 308 g/mol. The molecule has 0 fully saturated rings.